The maximum atomic E-state index is 5.52. The van der Waals surface area contributed by atoms with Crippen molar-refractivity contribution < 1.29 is 4.52 Å². The second kappa shape index (κ2) is 9.57. The van der Waals surface area contributed by atoms with Gasteiger partial charge in [0.25, 0.3) is 0 Å². The van der Waals surface area contributed by atoms with E-state index < -0.39 is 0 Å². The van der Waals surface area contributed by atoms with Gasteiger partial charge in [-0.3, -0.25) is 0 Å². The van der Waals surface area contributed by atoms with E-state index in [0.29, 0.717) is 11.9 Å². The number of aromatic nitrogens is 2. The molecule has 0 saturated heterocycles. The third kappa shape index (κ3) is 4.99. The SMILES string of the molecule is Cc1ccc(-c2noc(CCC3CCC(C(c4ccccc4)N(C)C)CC3)n2)cc1. The highest BCUT2D eigenvalue weighted by atomic mass is 16.5. The Balaban J connectivity index is 1.29. The Bertz CT molecular complexity index is 909. The number of benzene rings is 2. The van der Waals surface area contributed by atoms with Crippen LogP contribution in [0.5, 0.6) is 0 Å². The van der Waals surface area contributed by atoms with Gasteiger partial charge >= 0.3 is 0 Å². The van der Waals surface area contributed by atoms with Gasteiger partial charge in [0.15, 0.2) is 0 Å². The summed E-state index contributed by atoms with van der Waals surface area (Å²) in [6, 6.07) is 19.8. The first-order valence-corrected chi connectivity index (χ1v) is 11.2. The lowest BCUT2D eigenvalue weighted by Crippen LogP contribution is -2.30. The normalized spacial score (nSPS) is 20.4. The van der Waals surface area contributed by atoms with Crippen molar-refractivity contribution in [3.8, 4) is 11.4 Å². The summed E-state index contributed by atoms with van der Waals surface area (Å²) in [7, 11) is 4.43. The van der Waals surface area contributed by atoms with Crippen LogP contribution < -0.4 is 0 Å². The third-order valence-electron chi connectivity index (χ3n) is 6.58. The largest absolute Gasteiger partial charge is 0.339 e. The van der Waals surface area contributed by atoms with E-state index in [1.807, 2.05) is 0 Å². The van der Waals surface area contributed by atoms with Gasteiger partial charge < -0.3 is 9.42 Å². The standard InChI is InChI=1S/C26H33N3O/c1-19-9-14-23(15-10-19)26-27-24(30-28-26)18-13-20-11-16-22(17-12-20)25(29(2)3)21-7-5-4-6-8-21/h4-10,14-15,20,22,25H,11-13,16-18H2,1-3H3. The van der Waals surface area contributed by atoms with Crippen LogP contribution >= 0.6 is 0 Å². The van der Waals surface area contributed by atoms with Crippen LogP contribution in [-0.4, -0.2) is 29.1 Å². The van der Waals surface area contributed by atoms with Crippen LogP contribution in [0.1, 0.15) is 55.2 Å². The lowest BCUT2D eigenvalue weighted by molar-refractivity contribution is 0.145. The maximum absolute atomic E-state index is 5.52. The molecule has 0 radical (unpaired) electrons. The van der Waals surface area contributed by atoms with Crippen LogP contribution in [0.3, 0.4) is 0 Å². The van der Waals surface area contributed by atoms with Crippen molar-refractivity contribution in [2.24, 2.45) is 11.8 Å². The zero-order chi connectivity index (χ0) is 20.9. The van der Waals surface area contributed by atoms with Crippen molar-refractivity contribution in [3.05, 3.63) is 71.6 Å². The second-order valence-corrected chi connectivity index (χ2v) is 9.02. The molecule has 1 heterocycles. The summed E-state index contributed by atoms with van der Waals surface area (Å²) in [6.07, 6.45) is 7.19. The summed E-state index contributed by atoms with van der Waals surface area (Å²) in [5.41, 5.74) is 3.70. The van der Waals surface area contributed by atoms with E-state index in [4.69, 9.17) is 4.52 Å². The molecule has 4 nitrogen and oxygen atoms in total. The summed E-state index contributed by atoms with van der Waals surface area (Å²) in [6.45, 7) is 2.08. The first-order valence-electron chi connectivity index (χ1n) is 11.2. The molecule has 2 aromatic carbocycles. The molecule has 1 aliphatic carbocycles. The van der Waals surface area contributed by atoms with Crippen LogP contribution in [0.15, 0.2) is 59.1 Å². The first-order chi connectivity index (χ1) is 14.6. The number of hydrogen-bond donors (Lipinski definition) is 0. The Morgan fingerprint density at radius 3 is 2.33 bits per heavy atom. The quantitative estimate of drug-likeness (QED) is 0.479. The molecule has 0 aliphatic heterocycles. The molecule has 30 heavy (non-hydrogen) atoms. The van der Waals surface area contributed by atoms with E-state index in [1.165, 1.54) is 36.8 Å². The summed E-state index contributed by atoms with van der Waals surface area (Å²) >= 11 is 0. The number of rotatable bonds is 7. The van der Waals surface area contributed by atoms with Gasteiger partial charge in [0.2, 0.25) is 11.7 Å². The molecule has 4 rings (SSSR count). The van der Waals surface area contributed by atoms with Gasteiger partial charge in [-0.15, -0.1) is 0 Å². The number of hydrogen-bond acceptors (Lipinski definition) is 4. The summed E-state index contributed by atoms with van der Waals surface area (Å²) < 4.78 is 5.52. The molecule has 1 fully saturated rings. The minimum atomic E-state index is 0.514. The van der Waals surface area contributed by atoms with Crippen LogP contribution in [0.4, 0.5) is 0 Å². The van der Waals surface area contributed by atoms with Crippen molar-refractivity contribution >= 4 is 0 Å². The van der Waals surface area contributed by atoms with Gasteiger partial charge in [-0.25, -0.2) is 0 Å². The van der Waals surface area contributed by atoms with Crippen LogP contribution in [-0.2, 0) is 6.42 Å². The van der Waals surface area contributed by atoms with Crippen LogP contribution in [0.25, 0.3) is 11.4 Å². The predicted molar refractivity (Wildman–Crippen MR) is 121 cm³/mol. The lowest BCUT2D eigenvalue weighted by atomic mass is 9.75. The van der Waals surface area contributed by atoms with E-state index in [0.717, 1.165) is 36.1 Å². The highest BCUT2D eigenvalue weighted by molar-refractivity contribution is 5.54. The molecule has 1 saturated carbocycles. The lowest BCUT2D eigenvalue weighted by Gasteiger charge is -2.37. The molecule has 1 aromatic heterocycles. The Morgan fingerprint density at radius 1 is 0.967 bits per heavy atom. The van der Waals surface area contributed by atoms with E-state index in [-0.39, 0.29) is 0 Å². The van der Waals surface area contributed by atoms with E-state index in [9.17, 15) is 0 Å². The molecule has 0 spiro atoms. The van der Waals surface area contributed by atoms with E-state index in [2.05, 4.69) is 90.7 Å². The molecule has 3 aromatic rings. The van der Waals surface area contributed by atoms with E-state index >= 15 is 0 Å². The third-order valence-corrected chi connectivity index (χ3v) is 6.58. The number of aryl methyl sites for hydroxylation is 2. The van der Waals surface area contributed by atoms with Gasteiger partial charge in [0.1, 0.15) is 0 Å². The fourth-order valence-corrected chi connectivity index (χ4v) is 4.94. The molecule has 0 N–H and O–H groups in total. The number of nitrogens with zero attached hydrogens (tertiary/aromatic N) is 3. The fourth-order valence-electron chi connectivity index (χ4n) is 4.94. The Kier molecular flexibility index (Phi) is 6.63. The predicted octanol–water partition coefficient (Wildman–Crippen LogP) is 6.09. The van der Waals surface area contributed by atoms with Crippen molar-refractivity contribution in [2.45, 2.75) is 51.5 Å². The summed E-state index contributed by atoms with van der Waals surface area (Å²) in [4.78, 5) is 7.01. The molecule has 0 amide bonds. The molecule has 1 aliphatic rings. The minimum Gasteiger partial charge on any atom is -0.339 e. The minimum absolute atomic E-state index is 0.514. The molecular formula is C26H33N3O. The van der Waals surface area contributed by atoms with Crippen molar-refractivity contribution in [3.63, 3.8) is 0 Å². The highest BCUT2D eigenvalue weighted by Crippen LogP contribution is 2.40. The second-order valence-electron chi connectivity index (χ2n) is 9.02. The molecule has 158 valence electrons. The van der Waals surface area contributed by atoms with Gasteiger partial charge in [-0.05, 0) is 57.7 Å². The molecule has 4 heteroatoms. The van der Waals surface area contributed by atoms with Crippen LogP contribution in [0.2, 0.25) is 0 Å². The monoisotopic (exact) mass is 403 g/mol. The molecular weight excluding hydrogens is 370 g/mol. The van der Waals surface area contributed by atoms with Gasteiger partial charge in [0, 0.05) is 18.0 Å². The van der Waals surface area contributed by atoms with Crippen molar-refractivity contribution in [1.29, 1.82) is 0 Å². The Labute approximate surface area is 180 Å². The van der Waals surface area contributed by atoms with E-state index in [1.54, 1.807) is 0 Å². The highest BCUT2D eigenvalue weighted by Gasteiger charge is 2.30. The zero-order valence-corrected chi connectivity index (χ0v) is 18.4. The average molecular weight is 404 g/mol. The Hall–Kier alpha value is -2.46. The Morgan fingerprint density at radius 2 is 1.67 bits per heavy atom. The van der Waals surface area contributed by atoms with Gasteiger partial charge in [0.05, 0.1) is 0 Å². The maximum Gasteiger partial charge on any atom is 0.226 e. The van der Waals surface area contributed by atoms with Crippen molar-refractivity contribution in [2.75, 3.05) is 14.1 Å². The van der Waals surface area contributed by atoms with Gasteiger partial charge in [-0.2, -0.15) is 4.98 Å². The van der Waals surface area contributed by atoms with Crippen molar-refractivity contribution in [1.82, 2.24) is 15.0 Å². The summed E-state index contributed by atoms with van der Waals surface area (Å²) in [5.74, 6) is 2.96. The molecule has 1 unspecified atom stereocenters. The molecule has 0 bridgehead atoms. The average Bonchev–Trinajstić information content (AvgIpc) is 3.23. The molecule has 1 atom stereocenters. The fraction of sp³-hybridized carbons (Fsp3) is 0.462. The zero-order valence-electron chi connectivity index (χ0n) is 18.4. The smallest absolute Gasteiger partial charge is 0.226 e. The van der Waals surface area contributed by atoms with Gasteiger partial charge in [-0.1, -0.05) is 78.2 Å². The first kappa shape index (κ1) is 20.8. The topological polar surface area (TPSA) is 42.2 Å². The van der Waals surface area contributed by atoms with Crippen LogP contribution in [0, 0.1) is 18.8 Å². The summed E-state index contributed by atoms with van der Waals surface area (Å²) in [5, 5.41) is 4.18.